The minimum absolute atomic E-state index is 0.155. The number of aromatic nitrogens is 1. The number of aryl methyl sites for hydroxylation is 1. The quantitative estimate of drug-likeness (QED) is 0.691. The fraction of sp³-hybridized carbons (Fsp3) is 0.619. The second-order valence-corrected chi connectivity index (χ2v) is 7.49. The molecule has 0 aromatic carbocycles. The predicted molar refractivity (Wildman–Crippen MR) is 113 cm³/mol. The van der Waals surface area contributed by atoms with Gasteiger partial charge in [0.15, 0.2) is 0 Å². The fourth-order valence-electron chi connectivity index (χ4n) is 2.01. The Labute approximate surface area is 174 Å². The Morgan fingerprint density at radius 3 is 2.34 bits per heavy atom. The molecule has 29 heavy (non-hydrogen) atoms. The molecule has 2 amide bonds. The van der Waals surface area contributed by atoms with E-state index in [2.05, 4.69) is 28.9 Å². The van der Waals surface area contributed by atoms with E-state index >= 15 is 0 Å². The lowest BCUT2D eigenvalue weighted by molar-refractivity contribution is -0.141. The highest BCUT2D eigenvalue weighted by Crippen LogP contribution is 2.18. The highest BCUT2D eigenvalue weighted by atomic mass is 16.6. The molecule has 8 heteroatoms. The Morgan fingerprint density at radius 1 is 1.21 bits per heavy atom. The maximum Gasteiger partial charge on any atom is 0.416 e. The van der Waals surface area contributed by atoms with Crippen molar-refractivity contribution in [1.82, 2.24) is 10.3 Å². The van der Waals surface area contributed by atoms with Crippen LogP contribution in [0.1, 0.15) is 59.4 Å². The number of anilines is 1. The van der Waals surface area contributed by atoms with Crippen LogP contribution in [-0.4, -0.2) is 48.8 Å². The first-order valence-electron chi connectivity index (χ1n) is 9.80. The lowest BCUT2D eigenvalue weighted by Crippen LogP contribution is -2.38. The van der Waals surface area contributed by atoms with Crippen molar-refractivity contribution in [2.45, 2.75) is 66.4 Å². The van der Waals surface area contributed by atoms with Crippen LogP contribution in [-0.2, 0) is 19.1 Å². The molecule has 8 nitrogen and oxygen atoms in total. The van der Waals surface area contributed by atoms with Gasteiger partial charge in [-0.3, -0.25) is 14.5 Å². The van der Waals surface area contributed by atoms with E-state index in [4.69, 9.17) is 4.74 Å². The van der Waals surface area contributed by atoms with Gasteiger partial charge in [0.25, 0.3) is 0 Å². The summed E-state index contributed by atoms with van der Waals surface area (Å²) in [6, 6.07) is 3.61. The van der Waals surface area contributed by atoms with Crippen molar-refractivity contribution < 1.29 is 23.9 Å². The molecule has 1 N–H and O–H groups in total. The zero-order valence-electron chi connectivity index (χ0n) is 18.7. The van der Waals surface area contributed by atoms with Crippen molar-refractivity contribution in [2.24, 2.45) is 0 Å². The zero-order valence-corrected chi connectivity index (χ0v) is 18.7. The molecule has 0 bridgehead atoms. The van der Waals surface area contributed by atoms with Crippen LogP contribution in [0, 0.1) is 6.92 Å². The maximum atomic E-state index is 12.5. The second-order valence-electron chi connectivity index (χ2n) is 7.49. The van der Waals surface area contributed by atoms with E-state index in [0.29, 0.717) is 12.2 Å². The van der Waals surface area contributed by atoms with Crippen molar-refractivity contribution in [3.8, 4) is 0 Å². The fourth-order valence-corrected chi connectivity index (χ4v) is 2.01. The summed E-state index contributed by atoms with van der Waals surface area (Å²) < 4.78 is 9.89. The van der Waals surface area contributed by atoms with Gasteiger partial charge in [-0.2, -0.15) is 0 Å². The first kappa shape index (κ1) is 26.4. The largest absolute Gasteiger partial charge is 0.468 e. The highest BCUT2D eigenvalue weighted by Gasteiger charge is 2.24. The van der Waals surface area contributed by atoms with Gasteiger partial charge in [-0.1, -0.05) is 20.3 Å². The highest BCUT2D eigenvalue weighted by molar-refractivity contribution is 5.87. The van der Waals surface area contributed by atoms with Gasteiger partial charge in [0.05, 0.1) is 7.11 Å². The number of methoxy groups -OCH3 is 1. The number of hydrogen-bond donors (Lipinski definition) is 1. The van der Waals surface area contributed by atoms with Gasteiger partial charge in [0.1, 0.15) is 18.0 Å². The standard InChI is InChI=1S/C18H27N3O5.C3H8/c1-13-8-9-19-14(11-13)21(17(24)26-18(2,3)4)10-6-7-15(22)20-12-16(23)25-5;1-3-2/h8-9,11H,6-7,10,12H2,1-5H3,(H,20,22);3H2,1-2H3. The average Bonchev–Trinajstić information content (AvgIpc) is 2.62. The molecule has 0 unspecified atom stereocenters. The number of nitrogens with zero attached hydrogens (tertiary/aromatic N) is 2. The lowest BCUT2D eigenvalue weighted by Gasteiger charge is -2.27. The van der Waals surface area contributed by atoms with Gasteiger partial charge in [0.2, 0.25) is 5.91 Å². The number of rotatable bonds is 7. The van der Waals surface area contributed by atoms with Crippen LogP contribution in [0.4, 0.5) is 10.6 Å². The topological polar surface area (TPSA) is 97.8 Å². The first-order valence-corrected chi connectivity index (χ1v) is 9.80. The Hall–Kier alpha value is -2.64. The van der Waals surface area contributed by atoms with Crippen molar-refractivity contribution in [3.05, 3.63) is 23.9 Å². The summed E-state index contributed by atoms with van der Waals surface area (Å²) in [7, 11) is 1.25. The smallest absolute Gasteiger partial charge is 0.416 e. The van der Waals surface area contributed by atoms with Gasteiger partial charge in [-0.05, 0) is 51.8 Å². The van der Waals surface area contributed by atoms with E-state index in [1.54, 1.807) is 33.0 Å². The number of ether oxygens (including phenoxy) is 2. The zero-order chi connectivity index (χ0) is 22.4. The number of esters is 1. The molecule has 1 rings (SSSR count). The number of nitrogens with one attached hydrogen (secondary N) is 1. The first-order chi connectivity index (χ1) is 13.5. The van der Waals surface area contributed by atoms with Gasteiger partial charge < -0.3 is 14.8 Å². The molecule has 0 saturated heterocycles. The van der Waals surface area contributed by atoms with Crippen molar-refractivity contribution in [1.29, 1.82) is 0 Å². The molecule has 0 atom stereocenters. The number of carbonyl (C=O) groups excluding carboxylic acids is 3. The minimum Gasteiger partial charge on any atom is -0.468 e. The van der Waals surface area contributed by atoms with Gasteiger partial charge in [-0.15, -0.1) is 0 Å². The monoisotopic (exact) mass is 409 g/mol. The molecule has 1 aromatic rings. The van der Waals surface area contributed by atoms with E-state index in [0.717, 1.165) is 5.56 Å². The van der Waals surface area contributed by atoms with Crippen LogP contribution in [0.15, 0.2) is 18.3 Å². The second kappa shape index (κ2) is 13.5. The molecule has 1 aromatic heterocycles. The summed E-state index contributed by atoms with van der Waals surface area (Å²) in [6.07, 6.45) is 2.89. The maximum absolute atomic E-state index is 12.5. The van der Waals surface area contributed by atoms with Crippen LogP contribution < -0.4 is 10.2 Å². The summed E-state index contributed by atoms with van der Waals surface area (Å²) in [6.45, 7) is 11.6. The van der Waals surface area contributed by atoms with Crippen molar-refractivity contribution in [2.75, 3.05) is 25.1 Å². The average molecular weight is 410 g/mol. The van der Waals surface area contributed by atoms with Crippen molar-refractivity contribution in [3.63, 3.8) is 0 Å². The molecule has 164 valence electrons. The minimum atomic E-state index is -0.642. The van der Waals surface area contributed by atoms with Gasteiger partial charge >= 0.3 is 12.1 Å². The molecular formula is C21H35N3O5. The Morgan fingerprint density at radius 2 is 1.83 bits per heavy atom. The molecule has 0 saturated carbocycles. The lowest BCUT2D eigenvalue weighted by atomic mass is 10.2. The molecule has 0 spiro atoms. The molecular weight excluding hydrogens is 374 g/mol. The van der Waals surface area contributed by atoms with E-state index in [1.165, 1.54) is 18.4 Å². The van der Waals surface area contributed by atoms with Crippen LogP contribution in [0.5, 0.6) is 0 Å². The number of pyridine rings is 1. The Kier molecular flexibility index (Phi) is 12.3. The predicted octanol–water partition coefficient (Wildman–Crippen LogP) is 3.62. The van der Waals surface area contributed by atoms with E-state index in [9.17, 15) is 14.4 Å². The van der Waals surface area contributed by atoms with Crippen LogP contribution in [0.25, 0.3) is 0 Å². The van der Waals surface area contributed by atoms with E-state index in [1.807, 2.05) is 13.0 Å². The van der Waals surface area contributed by atoms with E-state index in [-0.39, 0.29) is 25.4 Å². The van der Waals surface area contributed by atoms with Gasteiger partial charge in [0, 0.05) is 19.2 Å². The molecule has 0 aliphatic rings. The number of hydrogen-bond acceptors (Lipinski definition) is 6. The summed E-state index contributed by atoms with van der Waals surface area (Å²) >= 11 is 0. The third-order valence-electron chi connectivity index (χ3n) is 3.23. The SMILES string of the molecule is CCC.COC(=O)CNC(=O)CCCN(C(=O)OC(C)(C)C)c1cc(C)ccn1. The molecule has 0 radical (unpaired) electrons. The van der Waals surface area contributed by atoms with Crippen LogP contribution in [0.3, 0.4) is 0 Å². The van der Waals surface area contributed by atoms with Gasteiger partial charge in [-0.25, -0.2) is 9.78 Å². The van der Waals surface area contributed by atoms with Crippen LogP contribution >= 0.6 is 0 Å². The third kappa shape index (κ3) is 12.4. The molecule has 1 heterocycles. The van der Waals surface area contributed by atoms with Crippen molar-refractivity contribution >= 4 is 23.8 Å². The van der Waals surface area contributed by atoms with E-state index < -0.39 is 17.7 Å². The normalized spacial score (nSPS) is 10.3. The Balaban J connectivity index is 0.00000245. The number of carbonyl (C=O) groups is 3. The Bertz CT molecular complexity index is 656. The summed E-state index contributed by atoms with van der Waals surface area (Å²) in [5.74, 6) is -0.344. The van der Waals surface area contributed by atoms with Crippen LogP contribution in [0.2, 0.25) is 0 Å². The summed E-state index contributed by atoms with van der Waals surface area (Å²) in [5.41, 5.74) is 0.316. The molecule has 0 aliphatic heterocycles. The summed E-state index contributed by atoms with van der Waals surface area (Å²) in [5, 5.41) is 2.46. The third-order valence-corrected chi connectivity index (χ3v) is 3.23. The summed E-state index contributed by atoms with van der Waals surface area (Å²) in [4.78, 5) is 40.9. The molecule has 0 aliphatic carbocycles. The molecule has 0 fully saturated rings. The number of amides is 2.